The molecule has 0 aliphatic carbocycles. The number of amides is 9. The molecule has 2 aromatic heterocycles. The van der Waals surface area contributed by atoms with E-state index in [2.05, 4.69) is 62.8 Å². The summed E-state index contributed by atoms with van der Waals surface area (Å²) < 4.78 is 0. The molecule has 30 nitrogen and oxygen atoms in total. The Hall–Kier alpha value is -9.94. The van der Waals surface area contributed by atoms with Gasteiger partial charge in [-0.05, 0) is 99.3 Å². The second-order valence-electron chi connectivity index (χ2n) is 21.3. The number of nitrogens with zero attached hydrogens (tertiary/aromatic N) is 1. The van der Waals surface area contributed by atoms with E-state index in [1.807, 2.05) is 0 Å². The number of carboxylic acids is 1. The van der Waals surface area contributed by atoms with Gasteiger partial charge in [-0.3, -0.25) is 53.4 Å². The van der Waals surface area contributed by atoms with Crippen LogP contribution in [-0.2, 0) is 73.6 Å². The van der Waals surface area contributed by atoms with Crippen molar-refractivity contribution in [3.8, 4) is 5.75 Å². The Morgan fingerprint density at radius 2 is 1.04 bits per heavy atom. The Kier molecular flexibility index (Phi) is 28.5. The highest BCUT2D eigenvalue weighted by Gasteiger charge is 2.35. The van der Waals surface area contributed by atoms with Crippen molar-refractivity contribution in [2.24, 2.45) is 28.7 Å². The number of imidazole rings is 1. The number of H-pyrrole nitrogens is 2. The van der Waals surface area contributed by atoms with Gasteiger partial charge >= 0.3 is 5.97 Å². The number of aromatic nitrogens is 3. The number of para-hydroxylation sites is 1. The van der Waals surface area contributed by atoms with Crippen LogP contribution in [0.1, 0.15) is 80.2 Å². The van der Waals surface area contributed by atoms with Gasteiger partial charge in [0.2, 0.25) is 53.2 Å². The number of hydrogen-bond acceptors (Lipinski definition) is 16. The lowest BCUT2D eigenvalue weighted by molar-refractivity contribution is -0.140. The van der Waals surface area contributed by atoms with E-state index in [4.69, 9.17) is 34.1 Å². The Bertz CT molecular complexity index is 3160. The van der Waals surface area contributed by atoms with Crippen molar-refractivity contribution in [3.05, 3.63) is 120 Å². The summed E-state index contributed by atoms with van der Waals surface area (Å²) in [6, 6.07) is 10.2. The van der Waals surface area contributed by atoms with Crippen LogP contribution in [-0.4, -0.2) is 165 Å². The molecule has 89 heavy (non-hydrogen) atoms. The second-order valence-corrected chi connectivity index (χ2v) is 21.3. The van der Waals surface area contributed by atoms with Gasteiger partial charge < -0.3 is 96.7 Å². The average molecular weight is 1240 g/mol. The van der Waals surface area contributed by atoms with E-state index in [1.54, 1.807) is 60.8 Å². The van der Waals surface area contributed by atoms with Gasteiger partial charge in [-0.25, -0.2) is 4.98 Å². The maximum absolute atomic E-state index is 14.9. The highest BCUT2D eigenvalue weighted by atomic mass is 16.4. The molecule has 0 spiro atoms. The van der Waals surface area contributed by atoms with E-state index in [9.17, 15) is 58.2 Å². The van der Waals surface area contributed by atoms with E-state index in [1.165, 1.54) is 36.8 Å². The summed E-state index contributed by atoms with van der Waals surface area (Å²) in [5, 5.41) is 51.5. The van der Waals surface area contributed by atoms with Crippen LogP contribution in [0, 0.1) is 5.41 Å². The molecule has 2 heterocycles. The molecule has 0 fully saturated rings. The number of carboxylic acid groups (broad SMARTS) is 1. The summed E-state index contributed by atoms with van der Waals surface area (Å²) in [7, 11) is 0. The monoisotopic (exact) mass is 1230 g/mol. The van der Waals surface area contributed by atoms with Crippen LogP contribution in [0.4, 0.5) is 0 Å². The van der Waals surface area contributed by atoms with Crippen molar-refractivity contribution in [1.82, 2.24) is 62.8 Å². The first-order valence-electron chi connectivity index (χ1n) is 29.1. The minimum atomic E-state index is -1.54. The SMILES string of the molecule is N=C(N)NCCC[C@H](NC(=O)[C@H](Cc1ccccc1)NC(=O)[C@@H](Cc1c[nH]cn1)NC(=O)[C@H](Cc1ccc(O)cc1)NC(=O)[C@H](CCCCN)NC(=O)[C@@H](Cc1c[nH]c2ccccc12)NC(=O)[C@@H](N)CC(=O)O)C(=O)NCC(=O)N[C@@H](CCCCN)C(N)=O. The van der Waals surface area contributed by atoms with Crippen LogP contribution in [0.25, 0.3) is 10.9 Å². The van der Waals surface area contributed by atoms with E-state index in [0.717, 1.165) is 10.9 Å². The highest BCUT2D eigenvalue weighted by molar-refractivity contribution is 5.99. The number of phenols is 1. The number of nitrogens with one attached hydrogen (secondary N) is 12. The van der Waals surface area contributed by atoms with E-state index >= 15 is 0 Å². The number of carbonyl (C=O) groups excluding carboxylic acids is 9. The number of rotatable bonds is 39. The number of guanidine groups is 1. The zero-order valence-corrected chi connectivity index (χ0v) is 49.2. The molecule has 0 bridgehead atoms. The van der Waals surface area contributed by atoms with E-state index in [0.29, 0.717) is 48.9 Å². The third-order valence-corrected chi connectivity index (χ3v) is 14.2. The molecule has 30 heteroatoms. The summed E-state index contributed by atoms with van der Waals surface area (Å²) in [5.41, 5.74) is 30.9. The number of aliphatic carboxylic acids is 1. The number of unbranched alkanes of at least 4 members (excludes halogenated alkanes) is 2. The Labute approximate surface area is 513 Å². The molecule has 0 aliphatic rings. The number of aromatic hydroxyl groups is 1. The zero-order valence-electron chi connectivity index (χ0n) is 49.2. The lowest BCUT2D eigenvalue weighted by Crippen LogP contribution is -2.61. The number of hydrogen-bond donors (Lipinski definition) is 19. The van der Waals surface area contributed by atoms with Gasteiger partial charge in [0.1, 0.15) is 48.0 Å². The average Bonchev–Trinajstić information content (AvgIpc) is 4.27. The van der Waals surface area contributed by atoms with Crippen LogP contribution in [0.5, 0.6) is 5.75 Å². The van der Waals surface area contributed by atoms with Crippen molar-refractivity contribution >= 4 is 76.0 Å². The highest BCUT2D eigenvalue weighted by Crippen LogP contribution is 2.20. The Balaban J connectivity index is 1.44. The lowest BCUT2D eigenvalue weighted by Gasteiger charge is -2.28. The molecule has 8 atom stereocenters. The molecule has 0 saturated heterocycles. The van der Waals surface area contributed by atoms with Gasteiger partial charge in [-0.2, -0.15) is 0 Å². The maximum atomic E-state index is 14.9. The molecule has 0 saturated carbocycles. The zero-order chi connectivity index (χ0) is 64.8. The first-order chi connectivity index (χ1) is 42.6. The predicted octanol–water partition coefficient (Wildman–Crippen LogP) is -2.81. The first-order valence-corrected chi connectivity index (χ1v) is 29.1. The summed E-state index contributed by atoms with van der Waals surface area (Å²) in [5.74, 6) is -9.53. The third kappa shape index (κ3) is 24.0. The maximum Gasteiger partial charge on any atom is 0.305 e. The third-order valence-electron chi connectivity index (χ3n) is 14.2. The Morgan fingerprint density at radius 3 is 1.61 bits per heavy atom. The van der Waals surface area contributed by atoms with Crippen LogP contribution in [0.3, 0.4) is 0 Å². The van der Waals surface area contributed by atoms with Crippen molar-refractivity contribution in [2.75, 3.05) is 26.2 Å². The Morgan fingerprint density at radius 1 is 0.539 bits per heavy atom. The number of phenolic OH excluding ortho intramolecular Hbond substituents is 1. The van der Waals surface area contributed by atoms with Gasteiger partial charge in [-0.1, -0.05) is 60.7 Å². The molecule has 480 valence electrons. The fourth-order valence-electron chi connectivity index (χ4n) is 9.48. The standard InChI is InChI=1S/C59H82N18O12/c60-22-8-6-15-42(51(63)82)71-49(79)32-69-53(84)43(17-10-24-67-59(64)65)72-55(86)45(25-34-11-2-1-3-12-34)76-58(89)48(28-37-31-66-33-70-37)77-56(87)46(26-35-18-20-38(78)21-19-35)75-54(85)44(16-7-9-23-61)73-57(88)47(74-52(83)40(62)29-50(80)81)27-36-30-68-41-14-5-4-13-39(36)41/h1-5,11-14,18-21,30-31,33,40,42-48,68,78H,6-10,15-17,22-29,32,60-62H2,(H2,63,82)(H,66,70)(H,69,84)(H,71,79)(H,72,86)(H,73,88)(H,74,83)(H,75,85)(H,76,89)(H,77,87)(H,80,81)(H4,64,65,67)/t40-,42-,43-,44-,45-,46-,47+,48+/m0/s1. The molecule has 0 radical (unpaired) electrons. The fraction of sp³-hybridized carbons (Fsp3) is 0.424. The molecule has 0 aliphatic heterocycles. The summed E-state index contributed by atoms with van der Waals surface area (Å²) in [6.07, 6.45) is 4.96. The van der Waals surface area contributed by atoms with Crippen LogP contribution in [0.2, 0.25) is 0 Å². The number of nitrogens with two attached hydrogens (primary N) is 5. The van der Waals surface area contributed by atoms with Crippen molar-refractivity contribution < 1.29 is 58.2 Å². The van der Waals surface area contributed by atoms with Crippen molar-refractivity contribution in [1.29, 1.82) is 5.41 Å². The largest absolute Gasteiger partial charge is 0.508 e. The number of aromatic amines is 2. The fourth-order valence-corrected chi connectivity index (χ4v) is 9.48. The van der Waals surface area contributed by atoms with Gasteiger partial charge in [0.15, 0.2) is 5.96 Å². The van der Waals surface area contributed by atoms with E-state index < -0.39 is 120 Å². The molecule has 0 unspecified atom stereocenters. The van der Waals surface area contributed by atoms with Crippen molar-refractivity contribution in [2.45, 2.75) is 132 Å². The summed E-state index contributed by atoms with van der Waals surface area (Å²) in [4.78, 5) is 148. The number of fused-ring (bicyclic) bond motifs is 1. The summed E-state index contributed by atoms with van der Waals surface area (Å²) >= 11 is 0. The van der Waals surface area contributed by atoms with Crippen molar-refractivity contribution in [3.63, 3.8) is 0 Å². The molecule has 5 rings (SSSR count). The quantitative estimate of drug-likeness (QED) is 0.0107. The number of primary amides is 1. The molecule has 24 N–H and O–H groups in total. The van der Waals surface area contributed by atoms with Crippen LogP contribution >= 0.6 is 0 Å². The molecule has 5 aromatic rings. The smallest absolute Gasteiger partial charge is 0.305 e. The van der Waals surface area contributed by atoms with Gasteiger partial charge in [0.25, 0.3) is 0 Å². The van der Waals surface area contributed by atoms with Gasteiger partial charge in [-0.15, -0.1) is 0 Å². The van der Waals surface area contributed by atoms with Crippen LogP contribution in [0.15, 0.2) is 97.6 Å². The minimum Gasteiger partial charge on any atom is -0.508 e. The first kappa shape index (κ1) is 69.8. The predicted molar refractivity (Wildman–Crippen MR) is 327 cm³/mol. The van der Waals surface area contributed by atoms with E-state index in [-0.39, 0.29) is 81.9 Å². The number of benzene rings is 3. The molecule has 9 amide bonds. The number of carbonyl (C=O) groups is 10. The second kappa shape index (κ2) is 36.3. The topological polar surface area (TPSA) is 518 Å². The molecular weight excluding hydrogens is 1150 g/mol. The normalized spacial score (nSPS) is 13.7. The minimum absolute atomic E-state index is 0.0237. The van der Waals surface area contributed by atoms with Crippen LogP contribution < -0.4 is 76.5 Å². The molecule has 3 aromatic carbocycles. The van der Waals surface area contributed by atoms with Gasteiger partial charge in [0, 0.05) is 55.5 Å². The lowest BCUT2D eigenvalue weighted by atomic mass is 10.0. The summed E-state index contributed by atoms with van der Waals surface area (Å²) in [6.45, 7) is 0.0651. The molecular formula is C59H82N18O12. The van der Waals surface area contributed by atoms with Gasteiger partial charge in [0.05, 0.1) is 31.0 Å².